The molecule has 1 N–H and O–H groups in total. The lowest BCUT2D eigenvalue weighted by atomic mass is 9.79. The second kappa shape index (κ2) is 11.9. The van der Waals surface area contributed by atoms with Crippen molar-refractivity contribution in [1.82, 2.24) is 19.5 Å². The van der Waals surface area contributed by atoms with Crippen LogP contribution in [0.15, 0.2) is 128 Å². The minimum Gasteiger partial charge on any atom is -0.507 e. The summed E-state index contributed by atoms with van der Waals surface area (Å²) in [5.74, 6) is 0.954. The Balaban J connectivity index is 1.57. The van der Waals surface area contributed by atoms with Crippen LogP contribution in [0.4, 0.5) is 0 Å². The molecule has 7 aromatic rings. The highest BCUT2D eigenvalue weighted by Crippen LogP contribution is 2.45. The van der Waals surface area contributed by atoms with Crippen molar-refractivity contribution in [2.24, 2.45) is 0 Å². The smallest absolute Gasteiger partial charge is 0.149 e. The average molecular weight is 629 g/mol. The van der Waals surface area contributed by atoms with Gasteiger partial charge in [-0.15, -0.1) is 0 Å². The van der Waals surface area contributed by atoms with Crippen LogP contribution in [-0.2, 0) is 10.8 Å². The van der Waals surface area contributed by atoms with Gasteiger partial charge in [0.1, 0.15) is 11.6 Å². The number of imidazole rings is 1. The summed E-state index contributed by atoms with van der Waals surface area (Å²) >= 11 is 0. The molecular weight excluding hydrogens is 589 g/mol. The zero-order chi connectivity index (χ0) is 33.6. The zero-order valence-electron chi connectivity index (χ0n) is 28.4. The highest BCUT2D eigenvalue weighted by molar-refractivity contribution is 5.97. The van der Waals surface area contributed by atoms with Crippen molar-refractivity contribution in [1.29, 1.82) is 0 Å². The molecule has 5 heteroatoms. The lowest BCUT2D eigenvalue weighted by Gasteiger charge is -2.27. The molecule has 0 radical (unpaired) electrons. The fourth-order valence-corrected chi connectivity index (χ4v) is 6.39. The molecule has 238 valence electrons. The third-order valence-corrected chi connectivity index (χ3v) is 8.97. The molecule has 0 bridgehead atoms. The number of nitrogens with zero attached hydrogens (tertiary/aromatic N) is 4. The van der Waals surface area contributed by atoms with E-state index in [4.69, 9.17) is 4.98 Å². The van der Waals surface area contributed by atoms with Gasteiger partial charge in [-0.25, -0.2) is 4.98 Å². The van der Waals surface area contributed by atoms with Crippen LogP contribution in [0.3, 0.4) is 0 Å². The Kier molecular flexibility index (Phi) is 7.71. The van der Waals surface area contributed by atoms with Crippen molar-refractivity contribution in [3.63, 3.8) is 0 Å². The van der Waals surface area contributed by atoms with Crippen molar-refractivity contribution < 1.29 is 5.11 Å². The molecule has 0 atom stereocenters. The first kappa shape index (κ1) is 31.1. The summed E-state index contributed by atoms with van der Waals surface area (Å²) < 4.78 is 2.22. The monoisotopic (exact) mass is 628 g/mol. The number of benzene rings is 5. The molecule has 48 heavy (non-hydrogen) atoms. The number of hydrogen-bond acceptors (Lipinski definition) is 4. The number of phenolic OH excluding ortho intramolecular Hbond substituents is 1. The van der Waals surface area contributed by atoms with Gasteiger partial charge < -0.3 is 5.11 Å². The zero-order valence-corrected chi connectivity index (χ0v) is 28.4. The lowest BCUT2D eigenvalue weighted by Crippen LogP contribution is -2.17. The van der Waals surface area contributed by atoms with Gasteiger partial charge in [-0.05, 0) is 51.8 Å². The minimum absolute atomic E-state index is 0.146. The second-order valence-electron chi connectivity index (χ2n) is 14.4. The Hall–Kier alpha value is -5.55. The molecule has 0 aliphatic heterocycles. The summed E-state index contributed by atoms with van der Waals surface area (Å²) in [6, 6.07) is 37.9. The normalized spacial score (nSPS) is 12.0. The van der Waals surface area contributed by atoms with Gasteiger partial charge >= 0.3 is 0 Å². The quantitative estimate of drug-likeness (QED) is 0.206. The van der Waals surface area contributed by atoms with Crippen molar-refractivity contribution in [2.45, 2.75) is 52.4 Å². The Morgan fingerprint density at radius 3 is 2.02 bits per heavy atom. The Bertz CT molecular complexity index is 2260. The topological polar surface area (TPSA) is 63.8 Å². The van der Waals surface area contributed by atoms with Crippen LogP contribution in [-0.4, -0.2) is 24.6 Å². The maximum absolute atomic E-state index is 12.1. The Morgan fingerprint density at radius 2 is 1.29 bits per heavy atom. The van der Waals surface area contributed by atoms with Gasteiger partial charge in [-0.2, -0.15) is 0 Å². The molecule has 2 heterocycles. The minimum atomic E-state index is -0.287. The molecular formula is C43H40N4O. The van der Waals surface area contributed by atoms with E-state index >= 15 is 0 Å². The van der Waals surface area contributed by atoms with Crippen molar-refractivity contribution in [2.75, 3.05) is 0 Å². The fourth-order valence-electron chi connectivity index (χ4n) is 6.39. The van der Waals surface area contributed by atoms with E-state index in [2.05, 4.69) is 159 Å². The number of rotatable bonds is 5. The van der Waals surface area contributed by atoms with Crippen LogP contribution in [0.2, 0.25) is 0 Å². The van der Waals surface area contributed by atoms with Crippen LogP contribution in [0.25, 0.3) is 61.6 Å². The van der Waals surface area contributed by atoms with Gasteiger partial charge in [0.05, 0.1) is 34.2 Å². The van der Waals surface area contributed by atoms with Crippen LogP contribution in [0.1, 0.15) is 52.7 Å². The number of hydrogen-bond donors (Lipinski definition) is 1. The van der Waals surface area contributed by atoms with E-state index in [0.717, 1.165) is 61.4 Å². The first-order chi connectivity index (χ1) is 23.0. The van der Waals surface area contributed by atoms with E-state index in [9.17, 15) is 5.11 Å². The van der Waals surface area contributed by atoms with Gasteiger partial charge in [0, 0.05) is 34.6 Å². The number of fused-ring (bicyclic) bond motifs is 1. The molecule has 2 aromatic heterocycles. The molecule has 0 aliphatic rings. The van der Waals surface area contributed by atoms with Crippen molar-refractivity contribution in [3.05, 3.63) is 139 Å². The Morgan fingerprint density at radius 1 is 0.604 bits per heavy atom. The molecule has 0 saturated heterocycles. The van der Waals surface area contributed by atoms with Gasteiger partial charge in [-0.1, -0.05) is 126 Å². The highest BCUT2D eigenvalue weighted by Gasteiger charge is 2.29. The van der Waals surface area contributed by atoms with Crippen molar-refractivity contribution in [3.8, 4) is 56.3 Å². The third kappa shape index (κ3) is 5.66. The summed E-state index contributed by atoms with van der Waals surface area (Å²) in [5, 5.41) is 12.1. The standard InChI is InChI=1S/C43H40N4O/c1-42(2,3)31-25-34(40(48)35(26-31)43(4,5)6)41-46-39-33(29-16-12-17-30(24-29)36-27-44-22-23-45-36)19-13-21-38(39)47(41)37-20-11-10-18-32(37)28-14-8-7-9-15-28/h7-27,48H,1-6H3. The van der Waals surface area contributed by atoms with Crippen LogP contribution in [0.5, 0.6) is 5.75 Å². The molecule has 0 unspecified atom stereocenters. The van der Waals surface area contributed by atoms with Crippen LogP contribution < -0.4 is 0 Å². The maximum Gasteiger partial charge on any atom is 0.149 e. The maximum atomic E-state index is 12.1. The van der Waals surface area contributed by atoms with E-state index in [-0.39, 0.29) is 16.6 Å². The van der Waals surface area contributed by atoms with E-state index < -0.39 is 0 Å². The fraction of sp³-hybridized carbons (Fsp3) is 0.186. The molecule has 0 amide bonds. The molecule has 0 aliphatic carbocycles. The summed E-state index contributed by atoms with van der Waals surface area (Å²) in [6.45, 7) is 13.1. The highest BCUT2D eigenvalue weighted by atomic mass is 16.3. The molecule has 5 nitrogen and oxygen atoms in total. The summed E-state index contributed by atoms with van der Waals surface area (Å²) in [6.07, 6.45) is 5.18. The molecule has 7 rings (SSSR count). The van der Waals surface area contributed by atoms with Gasteiger partial charge in [0.25, 0.3) is 0 Å². The number of aromatic hydroxyl groups is 1. The lowest BCUT2D eigenvalue weighted by molar-refractivity contribution is 0.446. The van der Waals surface area contributed by atoms with Gasteiger partial charge in [0.2, 0.25) is 0 Å². The largest absolute Gasteiger partial charge is 0.507 e. The number of aromatic nitrogens is 4. The van der Waals surface area contributed by atoms with Crippen LogP contribution in [0, 0.1) is 0 Å². The molecule has 5 aromatic carbocycles. The predicted octanol–water partition coefficient (Wildman–Crippen LogP) is 10.8. The SMILES string of the molecule is CC(C)(C)c1cc(-c2nc3c(-c4cccc(-c5cnccn5)c4)cccc3n2-c2ccccc2-c2ccccc2)c(O)c(C(C)(C)C)c1. The summed E-state index contributed by atoms with van der Waals surface area (Å²) in [4.78, 5) is 14.3. The number of phenols is 1. The van der Waals surface area contributed by atoms with Crippen LogP contribution >= 0.6 is 0 Å². The van der Waals surface area contributed by atoms with E-state index in [1.165, 1.54) is 0 Å². The average Bonchev–Trinajstić information content (AvgIpc) is 3.47. The molecule has 0 fully saturated rings. The second-order valence-corrected chi connectivity index (χ2v) is 14.4. The summed E-state index contributed by atoms with van der Waals surface area (Å²) in [7, 11) is 0. The first-order valence-electron chi connectivity index (χ1n) is 16.4. The van der Waals surface area contributed by atoms with E-state index in [1.807, 2.05) is 6.07 Å². The molecule has 0 spiro atoms. The predicted molar refractivity (Wildman–Crippen MR) is 197 cm³/mol. The van der Waals surface area contributed by atoms with Gasteiger partial charge in [0.15, 0.2) is 0 Å². The van der Waals surface area contributed by atoms with E-state index in [0.29, 0.717) is 11.4 Å². The molecule has 0 saturated carbocycles. The Labute approximate surface area is 282 Å². The van der Waals surface area contributed by atoms with Gasteiger partial charge in [-0.3, -0.25) is 14.5 Å². The first-order valence-corrected chi connectivity index (χ1v) is 16.4. The van der Waals surface area contributed by atoms with Crippen molar-refractivity contribution >= 4 is 11.0 Å². The summed E-state index contributed by atoms with van der Waals surface area (Å²) in [5.41, 5.74) is 11.1. The number of para-hydroxylation sites is 2. The third-order valence-electron chi connectivity index (χ3n) is 8.97. The van der Waals surface area contributed by atoms with E-state index in [1.54, 1.807) is 18.6 Å².